The van der Waals surface area contributed by atoms with Crippen LogP contribution < -0.4 is 15.5 Å². The Morgan fingerprint density at radius 3 is 2.44 bits per heavy atom. The van der Waals surface area contributed by atoms with Crippen molar-refractivity contribution in [2.24, 2.45) is 0 Å². The van der Waals surface area contributed by atoms with Gasteiger partial charge in [-0.1, -0.05) is 36.4 Å². The molecule has 0 unspecified atom stereocenters. The zero-order valence-electron chi connectivity index (χ0n) is 18.3. The standard InChI is InChI=1S/C24H24N4O3S2.ClH/c29-24(18-6-2-1-3-7-18)26-17-20-10-11-23(32-20)33(30,31)28-21-9-5-4-8-19(21)16-22(28)27-14-12-25-13-15-27;/h1-11,16,25H,12-15,17H2,(H,26,29);1H. The average Bonchev–Trinajstić information content (AvgIpc) is 3.49. The number of anilines is 1. The minimum Gasteiger partial charge on any atom is -0.355 e. The molecule has 0 bridgehead atoms. The molecule has 3 heterocycles. The van der Waals surface area contributed by atoms with E-state index in [2.05, 4.69) is 15.5 Å². The highest BCUT2D eigenvalue weighted by atomic mass is 35.5. The number of fused-ring (bicyclic) bond motifs is 1. The molecule has 5 rings (SSSR count). The lowest BCUT2D eigenvalue weighted by atomic mass is 10.2. The van der Waals surface area contributed by atoms with Crippen molar-refractivity contribution in [2.45, 2.75) is 10.8 Å². The van der Waals surface area contributed by atoms with Crippen LogP contribution in [0.4, 0.5) is 5.82 Å². The van der Waals surface area contributed by atoms with E-state index in [9.17, 15) is 13.2 Å². The van der Waals surface area contributed by atoms with Crippen molar-refractivity contribution in [3.05, 3.63) is 83.2 Å². The van der Waals surface area contributed by atoms with Crippen LogP contribution in [-0.4, -0.2) is 44.5 Å². The van der Waals surface area contributed by atoms with Crippen molar-refractivity contribution in [1.82, 2.24) is 14.6 Å². The van der Waals surface area contributed by atoms with Gasteiger partial charge in [0.1, 0.15) is 10.0 Å². The number of para-hydroxylation sites is 1. The van der Waals surface area contributed by atoms with Crippen LogP contribution in [-0.2, 0) is 16.6 Å². The number of aromatic nitrogens is 1. The molecule has 0 saturated carbocycles. The predicted octanol–water partition coefficient (Wildman–Crippen LogP) is 3.70. The van der Waals surface area contributed by atoms with Crippen molar-refractivity contribution in [3.8, 4) is 0 Å². The van der Waals surface area contributed by atoms with Gasteiger partial charge in [0.05, 0.1) is 12.1 Å². The van der Waals surface area contributed by atoms with Crippen LogP contribution in [0.5, 0.6) is 0 Å². The van der Waals surface area contributed by atoms with Crippen LogP contribution in [0.3, 0.4) is 0 Å². The third-order valence-electron chi connectivity index (χ3n) is 5.68. The maximum absolute atomic E-state index is 13.8. The van der Waals surface area contributed by atoms with Gasteiger partial charge >= 0.3 is 0 Å². The fourth-order valence-electron chi connectivity index (χ4n) is 4.02. The van der Waals surface area contributed by atoms with E-state index in [1.807, 2.05) is 48.5 Å². The quantitative estimate of drug-likeness (QED) is 0.408. The highest BCUT2D eigenvalue weighted by Crippen LogP contribution is 2.33. The number of nitrogens with one attached hydrogen (secondary N) is 2. The summed E-state index contributed by atoms with van der Waals surface area (Å²) in [6.45, 7) is 3.38. The van der Waals surface area contributed by atoms with Crippen molar-refractivity contribution in [3.63, 3.8) is 0 Å². The highest BCUT2D eigenvalue weighted by Gasteiger charge is 2.27. The Hall–Kier alpha value is -2.85. The van der Waals surface area contributed by atoms with Gasteiger partial charge in [-0.05, 0) is 36.4 Å². The first-order valence-corrected chi connectivity index (χ1v) is 13.0. The Bertz CT molecular complexity index is 1390. The topological polar surface area (TPSA) is 83.4 Å². The Balaban J connectivity index is 0.00000274. The number of hydrogen-bond donors (Lipinski definition) is 2. The van der Waals surface area contributed by atoms with Crippen LogP contribution in [0.15, 0.2) is 77.0 Å². The van der Waals surface area contributed by atoms with Gasteiger partial charge in [-0.15, -0.1) is 23.7 Å². The molecule has 10 heteroatoms. The Kier molecular flexibility index (Phi) is 7.27. The third kappa shape index (κ3) is 4.69. The van der Waals surface area contributed by atoms with Crippen LogP contribution >= 0.6 is 23.7 Å². The average molecular weight is 517 g/mol. The summed E-state index contributed by atoms with van der Waals surface area (Å²) in [6.07, 6.45) is 0. The summed E-state index contributed by atoms with van der Waals surface area (Å²) in [5.74, 6) is 0.496. The number of thiophene rings is 1. The highest BCUT2D eigenvalue weighted by molar-refractivity contribution is 7.92. The Labute approximate surface area is 208 Å². The smallest absolute Gasteiger partial charge is 0.279 e. The molecule has 0 atom stereocenters. The second kappa shape index (κ2) is 10.2. The molecule has 1 aliphatic rings. The van der Waals surface area contributed by atoms with E-state index in [0.717, 1.165) is 36.4 Å². The number of piperazine rings is 1. The summed E-state index contributed by atoms with van der Waals surface area (Å²) in [7, 11) is -3.81. The van der Waals surface area contributed by atoms with E-state index in [4.69, 9.17) is 0 Å². The molecule has 2 aromatic carbocycles. The number of benzene rings is 2. The lowest BCUT2D eigenvalue weighted by Crippen LogP contribution is -2.44. The summed E-state index contributed by atoms with van der Waals surface area (Å²) >= 11 is 1.18. The van der Waals surface area contributed by atoms with Crippen LogP contribution in [0.1, 0.15) is 15.2 Å². The molecule has 7 nitrogen and oxygen atoms in total. The van der Waals surface area contributed by atoms with Gasteiger partial charge in [-0.2, -0.15) is 8.42 Å². The molecule has 1 aliphatic heterocycles. The second-order valence-electron chi connectivity index (χ2n) is 7.84. The minimum atomic E-state index is -3.81. The maximum atomic E-state index is 13.8. The molecule has 2 N–H and O–H groups in total. The van der Waals surface area contributed by atoms with E-state index in [1.165, 1.54) is 15.3 Å². The molecule has 1 fully saturated rings. The molecule has 1 amide bonds. The first-order chi connectivity index (χ1) is 16.0. The lowest BCUT2D eigenvalue weighted by Gasteiger charge is -2.29. The predicted molar refractivity (Wildman–Crippen MR) is 139 cm³/mol. The van der Waals surface area contributed by atoms with E-state index in [-0.39, 0.29) is 29.1 Å². The minimum absolute atomic E-state index is 0. The van der Waals surface area contributed by atoms with Crippen molar-refractivity contribution >= 4 is 56.4 Å². The lowest BCUT2D eigenvalue weighted by molar-refractivity contribution is 0.0951. The van der Waals surface area contributed by atoms with E-state index < -0.39 is 10.0 Å². The second-order valence-corrected chi connectivity index (χ2v) is 11.0. The summed E-state index contributed by atoms with van der Waals surface area (Å²) in [6, 6.07) is 21.8. The van der Waals surface area contributed by atoms with E-state index in [1.54, 1.807) is 24.3 Å². The van der Waals surface area contributed by atoms with Gasteiger partial charge < -0.3 is 15.5 Å². The summed E-state index contributed by atoms with van der Waals surface area (Å²) in [5, 5.41) is 7.07. The van der Waals surface area contributed by atoms with Crippen LogP contribution in [0.25, 0.3) is 10.9 Å². The van der Waals surface area contributed by atoms with E-state index >= 15 is 0 Å². The van der Waals surface area contributed by atoms with Crippen molar-refractivity contribution in [1.29, 1.82) is 0 Å². The molecule has 4 aromatic rings. The van der Waals surface area contributed by atoms with Crippen molar-refractivity contribution < 1.29 is 13.2 Å². The van der Waals surface area contributed by atoms with Gasteiger partial charge in [-0.25, -0.2) is 3.97 Å². The molecule has 34 heavy (non-hydrogen) atoms. The molecule has 1 saturated heterocycles. The number of rotatable bonds is 6. The molecular formula is C24H25ClN4O3S2. The van der Waals surface area contributed by atoms with E-state index in [0.29, 0.717) is 16.9 Å². The number of nitrogens with zero attached hydrogens (tertiary/aromatic N) is 2. The maximum Gasteiger partial charge on any atom is 0.279 e. The van der Waals surface area contributed by atoms with Gasteiger partial charge in [0, 0.05) is 42.0 Å². The monoisotopic (exact) mass is 516 g/mol. The number of hydrogen-bond acceptors (Lipinski definition) is 6. The Morgan fingerprint density at radius 1 is 0.971 bits per heavy atom. The summed E-state index contributed by atoms with van der Waals surface area (Å²) in [4.78, 5) is 15.2. The first-order valence-electron chi connectivity index (χ1n) is 10.8. The molecule has 178 valence electrons. The molecule has 0 radical (unpaired) electrons. The summed E-state index contributed by atoms with van der Waals surface area (Å²) in [5.41, 5.74) is 1.24. The molecule has 0 spiro atoms. The number of carbonyl (C=O) groups is 1. The zero-order chi connectivity index (χ0) is 22.8. The van der Waals surface area contributed by atoms with Gasteiger partial charge in [0.2, 0.25) is 0 Å². The van der Waals surface area contributed by atoms with Gasteiger partial charge in [-0.3, -0.25) is 4.79 Å². The Morgan fingerprint density at radius 2 is 1.68 bits per heavy atom. The van der Waals surface area contributed by atoms with Crippen LogP contribution in [0.2, 0.25) is 0 Å². The first kappa shape index (κ1) is 24.3. The molecule has 2 aromatic heterocycles. The fraction of sp³-hybridized carbons (Fsp3) is 0.208. The number of halogens is 1. The molecular weight excluding hydrogens is 492 g/mol. The SMILES string of the molecule is Cl.O=C(NCc1ccc(S(=O)(=O)n2c(N3CCNCC3)cc3ccccc32)s1)c1ccccc1. The third-order valence-corrected chi connectivity index (χ3v) is 8.95. The van der Waals surface area contributed by atoms with Crippen molar-refractivity contribution in [2.75, 3.05) is 31.1 Å². The van der Waals surface area contributed by atoms with Crippen LogP contribution in [0, 0.1) is 0 Å². The van der Waals surface area contributed by atoms with Gasteiger partial charge in [0.15, 0.2) is 0 Å². The fourth-order valence-corrected chi connectivity index (χ4v) is 6.92. The largest absolute Gasteiger partial charge is 0.355 e. The summed E-state index contributed by atoms with van der Waals surface area (Å²) < 4.78 is 29.3. The number of amides is 1. The number of carbonyl (C=O) groups excluding carboxylic acids is 1. The normalized spacial score (nSPS) is 14.1. The zero-order valence-corrected chi connectivity index (χ0v) is 20.8. The molecule has 0 aliphatic carbocycles. The van der Waals surface area contributed by atoms with Gasteiger partial charge in [0.25, 0.3) is 15.9 Å².